The zero-order valence-corrected chi connectivity index (χ0v) is 12.0. The van der Waals surface area contributed by atoms with Crippen molar-refractivity contribution in [2.24, 2.45) is 11.7 Å². The molecule has 21 heavy (non-hydrogen) atoms. The average molecular weight is 320 g/mol. The highest BCUT2D eigenvalue weighted by molar-refractivity contribution is 7.08. The van der Waals surface area contributed by atoms with E-state index in [1.54, 1.807) is 0 Å². The normalized spacial score (nSPS) is 19.6. The SMILES string of the molecule is NC(=O)CC1CCCN(C(=O)c2cscc2C(F)(F)F)C1. The molecule has 0 saturated carbocycles. The molecule has 4 nitrogen and oxygen atoms in total. The van der Waals surface area contributed by atoms with E-state index < -0.39 is 23.6 Å². The van der Waals surface area contributed by atoms with Gasteiger partial charge in [0, 0.05) is 30.3 Å². The Balaban J connectivity index is 2.13. The Morgan fingerprint density at radius 3 is 2.71 bits per heavy atom. The average Bonchev–Trinajstić information content (AvgIpc) is 2.86. The molecule has 0 aromatic carbocycles. The number of rotatable bonds is 3. The van der Waals surface area contributed by atoms with Crippen molar-refractivity contribution >= 4 is 23.2 Å². The van der Waals surface area contributed by atoms with Crippen LogP contribution in [0.3, 0.4) is 0 Å². The molecule has 2 N–H and O–H groups in total. The number of primary amides is 1. The highest BCUT2D eigenvalue weighted by Gasteiger charge is 2.37. The van der Waals surface area contributed by atoms with Crippen molar-refractivity contribution in [2.45, 2.75) is 25.4 Å². The molecular formula is C13H15F3N2O2S. The van der Waals surface area contributed by atoms with E-state index >= 15 is 0 Å². The molecular weight excluding hydrogens is 305 g/mol. The van der Waals surface area contributed by atoms with Crippen LogP contribution >= 0.6 is 11.3 Å². The maximum Gasteiger partial charge on any atom is 0.417 e. The summed E-state index contributed by atoms with van der Waals surface area (Å²) < 4.78 is 38.5. The molecule has 1 aliphatic heterocycles. The minimum absolute atomic E-state index is 0.0758. The Hall–Kier alpha value is -1.57. The van der Waals surface area contributed by atoms with Gasteiger partial charge in [-0.1, -0.05) is 0 Å². The van der Waals surface area contributed by atoms with E-state index in [1.807, 2.05) is 0 Å². The number of carbonyl (C=O) groups is 2. The number of halogens is 3. The first-order valence-corrected chi connectivity index (χ1v) is 7.44. The second kappa shape index (κ2) is 6.05. The van der Waals surface area contributed by atoms with Gasteiger partial charge in [0.2, 0.25) is 5.91 Å². The van der Waals surface area contributed by atoms with Crippen molar-refractivity contribution in [1.29, 1.82) is 0 Å². The van der Waals surface area contributed by atoms with Crippen LogP contribution in [0.1, 0.15) is 35.2 Å². The lowest BCUT2D eigenvalue weighted by Crippen LogP contribution is -2.41. The van der Waals surface area contributed by atoms with Gasteiger partial charge in [0.15, 0.2) is 0 Å². The summed E-state index contributed by atoms with van der Waals surface area (Å²) in [5.41, 5.74) is 3.92. The predicted octanol–water partition coefficient (Wildman–Crippen LogP) is 2.49. The van der Waals surface area contributed by atoms with Crippen molar-refractivity contribution in [2.75, 3.05) is 13.1 Å². The molecule has 0 radical (unpaired) electrons. The number of thiophene rings is 1. The van der Waals surface area contributed by atoms with Crippen molar-refractivity contribution in [1.82, 2.24) is 4.90 Å². The number of hydrogen-bond acceptors (Lipinski definition) is 3. The number of alkyl halides is 3. The van der Waals surface area contributed by atoms with Crippen LogP contribution in [0, 0.1) is 5.92 Å². The fourth-order valence-corrected chi connectivity index (χ4v) is 3.38. The van der Waals surface area contributed by atoms with Crippen LogP contribution in [-0.2, 0) is 11.0 Å². The van der Waals surface area contributed by atoms with E-state index in [2.05, 4.69) is 0 Å². The summed E-state index contributed by atoms with van der Waals surface area (Å²) in [4.78, 5) is 24.6. The Labute approximate surface area is 123 Å². The van der Waals surface area contributed by atoms with Gasteiger partial charge in [0.05, 0.1) is 11.1 Å². The summed E-state index contributed by atoms with van der Waals surface area (Å²) in [6, 6.07) is 0. The van der Waals surface area contributed by atoms with Gasteiger partial charge in [0.25, 0.3) is 5.91 Å². The number of likely N-dealkylation sites (tertiary alicyclic amines) is 1. The smallest absolute Gasteiger partial charge is 0.370 e. The molecule has 0 bridgehead atoms. The lowest BCUT2D eigenvalue weighted by Gasteiger charge is -2.32. The van der Waals surface area contributed by atoms with Gasteiger partial charge in [-0.25, -0.2) is 0 Å². The summed E-state index contributed by atoms with van der Waals surface area (Å²) in [6.07, 6.45) is -2.97. The molecule has 116 valence electrons. The molecule has 1 saturated heterocycles. The number of nitrogens with two attached hydrogens (primary N) is 1. The van der Waals surface area contributed by atoms with Crippen LogP contribution in [0.4, 0.5) is 13.2 Å². The monoisotopic (exact) mass is 320 g/mol. The third kappa shape index (κ3) is 3.75. The molecule has 1 unspecified atom stereocenters. The van der Waals surface area contributed by atoms with Crippen molar-refractivity contribution in [3.05, 3.63) is 21.9 Å². The van der Waals surface area contributed by atoms with Gasteiger partial charge in [0.1, 0.15) is 0 Å². The van der Waals surface area contributed by atoms with Gasteiger partial charge in [-0.05, 0) is 18.8 Å². The van der Waals surface area contributed by atoms with Crippen molar-refractivity contribution in [3.63, 3.8) is 0 Å². The predicted molar refractivity (Wildman–Crippen MR) is 71.8 cm³/mol. The zero-order valence-electron chi connectivity index (χ0n) is 11.2. The first kappa shape index (κ1) is 15.8. The molecule has 2 rings (SSSR count). The number of amides is 2. The van der Waals surface area contributed by atoms with Crippen LogP contribution in [-0.4, -0.2) is 29.8 Å². The summed E-state index contributed by atoms with van der Waals surface area (Å²) in [7, 11) is 0. The van der Waals surface area contributed by atoms with E-state index in [1.165, 1.54) is 10.3 Å². The van der Waals surface area contributed by atoms with E-state index in [-0.39, 0.29) is 24.4 Å². The van der Waals surface area contributed by atoms with E-state index in [0.29, 0.717) is 13.0 Å². The Morgan fingerprint density at radius 2 is 2.10 bits per heavy atom. The third-order valence-corrected chi connectivity index (χ3v) is 4.24. The maximum atomic E-state index is 12.8. The highest BCUT2D eigenvalue weighted by Crippen LogP contribution is 2.35. The molecule has 1 fully saturated rings. The van der Waals surface area contributed by atoms with E-state index in [9.17, 15) is 22.8 Å². The second-order valence-corrected chi connectivity index (χ2v) is 5.87. The fourth-order valence-electron chi connectivity index (χ4n) is 2.55. The van der Waals surface area contributed by atoms with Crippen LogP contribution in [0.15, 0.2) is 10.8 Å². The lowest BCUT2D eigenvalue weighted by atomic mass is 9.94. The van der Waals surface area contributed by atoms with Gasteiger partial charge in [-0.15, -0.1) is 0 Å². The Morgan fingerprint density at radius 1 is 1.38 bits per heavy atom. The molecule has 1 aromatic heterocycles. The minimum Gasteiger partial charge on any atom is -0.370 e. The first-order chi connectivity index (χ1) is 9.79. The molecule has 0 aliphatic carbocycles. The highest BCUT2D eigenvalue weighted by atomic mass is 32.1. The Bertz CT molecular complexity index is 542. The molecule has 1 aliphatic rings. The standard InChI is InChI=1S/C13H15F3N2O2S/c14-13(15,16)10-7-21-6-9(10)12(20)18-3-1-2-8(5-18)4-11(17)19/h6-8H,1-5H2,(H2,17,19). The minimum atomic E-state index is -4.53. The number of carbonyl (C=O) groups excluding carboxylic acids is 2. The third-order valence-electron chi connectivity index (χ3n) is 3.49. The first-order valence-electron chi connectivity index (χ1n) is 6.50. The summed E-state index contributed by atoms with van der Waals surface area (Å²) in [5, 5.41) is 2.17. The van der Waals surface area contributed by atoms with Gasteiger partial charge in [-0.2, -0.15) is 24.5 Å². The largest absolute Gasteiger partial charge is 0.417 e. The fraction of sp³-hybridized carbons (Fsp3) is 0.538. The molecule has 2 amide bonds. The van der Waals surface area contributed by atoms with Gasteiger partial charge in [-0.3, -0.25) is 9.59 Å². The van der Waals surface area contributed by atoms with Crippen LogP contribution < -0.4 is 5.73 Å². The number of nitrogens with zero attached hydrogens (tertiary/aromatic N) is 1. The quantitative estimate of drug-likeness (QED) is 0.930. The number of hydrogen-bond donors (Lipinski definition) is 1. The van der Waals surface area contributed by atoms with Crippen LogP contribution in [0.2, 0.25) is 0 Å². The maximum absolute atomic E-state index is 12.8. The Kier molecular flexibility index (Phi) is 4.55. The van der Waals surface area contributed by atoms with E-state index in [4.69, 9.17) is 5.73 Å². The second-order valence-electron chi connectivity index (χ2n) is 5.13. The van der Waals surface area contributed by atoms with E-state index in [0.717, 1.165) is 23.1 Å². The zero-order chi connectivity index (χ0) is 15.6. The number of piperidine rings is 1. The summed E-state index contributed by atoms with van der Waals surface area (Å²) in [6.45, 7) is 0.677. The summed E-state index contributed by atoms with van der Waals surface area (Å²) >= 11 is 0.855. The molecule has 0 spiro atoms. The van der Waals surface area contributed by atoms with Gasteiger partial charge < -0.3 is 10.6 Å². The molecule has 8 heteroatoms. The lowest BCUT2D eigenvalue weighted by molar-refractivity contribution is -0.137. The topological polar surface area (TPSA) is 63.4 Å². The molecule has 1 atom stereocenters. The van der Waals surface area contributed by atoms with Gasteiger partial charge >= 0.3 is 6.18 Å². The van der Waals surface area contributed by atoms with Crippen molar-refractivity contribution < 1.29 is 22.8 Å². The summed E-state index contributed by atoms with van der Waals surface area (Å²) in [5.74, 6) is -1.16. The molecule has 2 heterocycles. The molecule has 1 aromatic rings. The van der Waals surface area contributed by atoms with Crippen LogP contribution in [0.5, 0.6) is 0 Å². The van der Waals surface area contributed by atoms with Crippen LogP contribution in [0.25, 0.3) is 0 Å². The van der Waals surface area contributed by atoms with Crippen molar-refractivity contribution in [3.8, 4) is 0 Å².